The van der Waals surface area contributed by atoms with Gasteiger partial charge in [0.1, 0.15) is 5.01 Å². The third kappa shape index (κ3) is 3.41. The summed E-state index contributed by atoms with van der Waals surface area (Å²) < 4.78 is 5.12. The minimum Gasteiger partial charge on any atom is -0.481 e. The number of aromatic nitrogens is 3. The Labute approximate surface area is 150 Å². The van der Waals surface area contributed by atoms with Gasteiger partial charge in [0, 0.05) is 37.8 Å². The Morgan fingerprint density at radius 3 is 2.36 bits per heavy atom. The van der Waals surface area contributed by atoms with Crippen LogP contribution in [0.25, 0.3) is 10.6 Å². The molecule has 0 radical (unpaired) electrons. The van der Waals surface area contributed by atoms with E-state index in [9.17, 15) is 0 Å². The van der Waals surface area contributed by atoms with Crippen LogP contribution in [0.2, 0.25) is 0 Å². The minimum atomic E-state index is 0.643. The second-order valence-corrected chi connectivity index (χ2v) is 6.74. The Hall–Kier alpha value is -2.67. The quantitative estimate of drug-likeness (QED) is 0.719. The van der Waals surface area contributed by atoms with Crippen molar-refractivity contribution in [1.82, 2.24) is 15.2 Å². The lowest BCUT2D eigenvalue weighted by Crippen LogP contribution is -2.46. The van der Waals surface area contributed by atoms with Crippen LogP contribution >= 0.6 is 11.3 Å². The maximum Gasteiger partial charge on any atom is 0.213 e. The van der Waals surface area contributed by atoms with Crippen LogP contribution in [0.1, 0.15) is 0 Å². The van der Waals surface area contributed by atoms with Crippen LogP contribution in [0.5, 0.6) is 5.88 Å². The third-order valence-electron chi connectivity index (χ3n) is 4.28. The predicted octanol–water partition coefficient (Wildman–Crippen LogP) is 2.94. The van der Waals surface area contributed by atoms with Crippen LogP contribution in [-0.2, 0) is 0 Å². The molecule has 0 spiro atoms. The molecule has 7 heteroatoms. The van der Waals surface area contributed by atoms with Gasteiger partial charge in [0.05, 0.1) is 19.0 Å². The van der Waals surface area contributed by atoms with Crippen LogP contribution in [0.15, 0.2) is 48.7 Å². The molecule has 1 fully saturated rings. The summed E-state index contributed by atoms with van der Waals surface area (Å²) in [6.07, 6.45) is 1.87. The van der Waals surface area contributed by atoms with Gasteiger partial charge in [-0.2, -0.15) is 0 Å². The summed E-state index contributed by atoms with van der Waals surface area (Å²) in [6, 6.07) is 14.2. The molecule has 1 aliphatic heterocycles. The maximum atomic E-state index is 5.12. The van der Waals surface area contributed by atoms with Gasteiger partial charge in [-0.05, 0) is 6.07 Å². The minimum absolute atomic E-state index is 0.643. The molecule has 1 saturated heterocycles. The van der Waals surface area contributed by atoms with Gasteiger partial charge in [-0.1, -0.05) is 41.7 Å². The average molecular weight is 353 g/mol. The highest BCUT2D eigenvalue weighted by molar-refractivity contribution is 7.18. The maximum absolute atomic E-state index is 5.12. The number of hydrogen-bond donors (Lipinski definition) is 0. The van der Waals surface area contributed by atoms with E-state index in [4.69, 9.17) is 4.74 Å². The Morgan fingerprint density at radius 2 is 1.68 bits per heavy atom. The zero-order valence-corrected chi connectivity index (χ0v) is 14.8. The monoisotopic (exact) mass is 353 g/mol. The van der Waals surface area contributed by atoms with E-state index in [1.165, 1.54) is 0 Å². The van der Waals surface area contributed by atoms with Crippen LogP contribution in [0.3, 0.4) is 0 Å². The molecule has 2 aromatic heterocycles. The summed E-state index contributed by atoms with van der Waals surface area (Å²) in [6.45, 7) is 3.73. The molecule has 0 atom stereocenters. The predicted molar refractivity (Wildman–Crippen MR) is 101 cm³/mol. The SMILES string of the molecule is COc1ccc(N2CCN(c3nnc(-c4ccccc4)s3)CC2)cn1. The first-order chi connectivity index (χ1) is 12.3. The van der Waals surface area contributed by atoms with E-state index >= 15 is 0 Å². The molecule has 0 N–H and O–H groups in total. The summed E-state index contributed by atoms with van der Waals surface area (Å²) >= 11 is 1.65. The molecule has 3 heterocycles. The van der Waals surface area contributed by atoms with Gasteiger partial charge in [0.15, 0.2) is 0 Å². The van der Waals surface area contributed by atoms with Crippen molar-refractivity contribution >= 4 is 22.2 Å². The molecule has 0 unspecified atom stereocenters. The molecular formula is C18H19N5OS. The summed E-state index contributed by atoms with van der Waals surface area (Å²) in [5.74, 6) is 0.643. The van der Waals surface area contributed by atoms with Crippen molar-refractivity contribution in [3.63, 3.8) is 0 Å². The fourth-order valence-corrected chi connectivity index (χ4v) is 3.78. The number of nitrogens with zero attached hydrogens (tertiary/aromatic N) is 5. The van der Waals surface area contributed by atoms with Gasteiger partial charge in [-0.15, -0.1) is 10.2 Å². The van der Waals surface area contributed by atoms with Crippen molar-refractivity contribution in [2.24, 2.45) is 0 Å². The molecule has 3 aromatic rings. The van der Waals surface area contributed by atoms with Crippen molar-refractivity contribution in [1.29, 1.82) is 0 Å². The van der Waals surface area contributed by atoms with Crippen molar-refractivity contribution in [2.75, 3.05) is 43.1 Å². The third-order valence-corrected chi connectivity index (χ3v) is 5.31. The zero-order chi connectivity index (χ0) is 17.1. The van der Waals surface area contributed by atoms with Crippen molar-refractivity contribution in [3.8, 4) is 16.5 Å². The first kappa shape index (κ1) is 15.8. The second-order valence-electron chi connectivity index (χ2n) is 5.79. The van der Waals surface area contributed by atoms with Gasteiger partial charge in [0.25, 0.3) is 0 Å². The number of piperazine rings is 1. The highest BCUT2D eigenvalue weighted by Gasteiger charge is 2.21. The Morgan fingerprint density at radius 1 is 0.920 bits per heavy atom. The lowest BCUT2D eigenvalue weighted by atomic mass is 10.2. The van der Waals surface area contributed by atoms with E-state index < -0.39 is 0 Å². The van der Waals surface area contributed by atoms with Crippen molar-refractivity contribution in [3.05, 3.63) is 48.7 Å². The Kier molecular flexibility index (Phi) is 4.47. The zero-order valence-electron chi connectivity index (χ0n) is 14.0. The first-order valence-corrected chi connectivity index (χ1v) is 9.04. The van der Waals surface area contributed by atoms with Crippen molar-refractivity contribution in [2.45, 2.75) is 0 Å². The van der Waals surface area contributed by atoms with Gasteiger partial charge in [-0.3, -0.25) is 0 Å². The van der Waals surface area contributed by atoms with Gasteiger partial charge < -0.3 is 14.5 Å². The summed E-state index contributed by atoms with van der Waals surface area (Å²) in [5.41, 5.74) is 2.25. The summed E-state index contributed by atoms with van der Waals surface area (Å²) in [4.78, 5) is 8.93. The first-order valence-electron chi connectivity index (χ1n) is 8.22. The number of ether oxygens (including phenoxy) is 1. The normalized spacial score (nSPS) is 14.6. The number of pyridine rings is 1. The van der Waals surface area contributed by atoms with E-state index in [1.807, 2.05) is 30.5 Å². The molecule has 6 nitrogen and oxygen atoms in total. The fourth-order valence-electron chi connectivity index (χ4n) is 2.88. The van der Waals surface area contributed by atoms with Gasteiger partial charge >= 0.3 is 0 Å². The topological polar surface area (TPSA) is 54.4 Å². The van der Waals surface area contributed by atoms with Gasteiger partial charge in [-0.25, -0.2) is 4.98 Å². The molecule has 1 aromatic carbocycles. The molecule has 4 rings (SSSR count). The summed E-state index contributed by atoms with van der Waals surface area (Å²) in [5, 5.41) is 10.7. The van der Waals surface area contributed by atoms with Crippen LogP contribution in [0, 0.1) is 0 Å². The molecule has 0 saturated carbocycles. The Bertz CT molecular complexity index is 813. The molecular weight excluding hydrogens is 334 g/mol. The molecule has 1 aliphatic rings. The standard InChI is InChI=1S/C18H19N5OS/c1-24-16-8-7-15(13-19-16)22-9-11-23(12-10-22)18-21-20-17(25-18)14-5-3-2-4-6-14/h2-8,13H,9-12H2,1H3. The largest absolute Gasteiger partial charge is 0.481 e. The number of hydrogen-bond acceptors (Lipinski definition) is 7. The fraction of sp³-hybridized carbons (Fsp3) is 0.278. The molecule has 0 bridgehead atoms. The lowest BCUT2D eigenvalue weighted by molar-refractivity contribution is 0.398. The number of benzene rings is 1. The Balaban J connectivity index is 1.41. The van der Waals surface area contributed by atoms with E-state index in [-0.39, 0.29) is 0 Å². The molecule has 0 aliphatic carbocycles. The van der Waals surface area contributed by atoms with Crippen LogP contribution < -0.4 is 14.5 Å². The number of methoxy groups -OCH3 is 1. The lowest BCUT2D eigenvalue weighted by Gasteiger charge is -2.35. The summed E-state index contributed by atoms with van der Waals surface area (Å²) in [7, 11) is 1.63. The average Bonchev–Trinajstić information content (AvgIpc) is 3.19. The van der Waals surface area contributed by atoms with E-state index in [0.717, 1.165) is 47.6 Å². The highest BCUT2D eigenvalue weighted by Crippen LogP contribution is 2.29. The van der Waals surface area contributed by atoms with Crippen molar-refractivity contribution < 1.29 is 4.74 Å². The van der Waals surface area contributed by atoms with E-state index in [1.54, 1.807) is 18.4 Å². The molecule has 25 heavy (non-hydrogen) atoms. The van der Waals surface area contributed by atoms with E-state index in [2.05, 4.69) is 43.2 Å². The van der Waals surface area contributed by atoms with E-state index in [0.29, 0.717) is 5.88 Å². The number of rotatable bonds is 4. The molecule has 128 valence electrons. The van der Waals surface area contributed by atoms with Gasteiger partial charge in [0.2, 0.25) is 11.0 Å². The highest BCUT2D eigenvalue weighted by atomic mass is 32.1. The van der Waals surface area contributed by atoms with Crippen LogP contribution in [0.4, 0.5) is 10.8 Å². The number of anilines is 2. The smallest absolute Gasteiger partial charge is 0.213 e. The van der Waals surface area contributed by atoms with Crippen LogP contribution in [-0.4, -0.2) is 48.5 Å². The molecule has 0 amide bonds. The second kappa shape index (κ2) is 7.06.